The summed E-state index contributed by atoms with van der Waals surface area (Å²) in [6.07, 6.45) is 6.86. The minimum absolute atomic E-state index is 0.0108. The zero-order valence-corrected chi connectivity index (χ0v) is 19.5. The van der Waals surface area contributed by atoms with Crippen LogP contribution >= 0.6 is 0 Å². The van der Waals surface area contributed by atoms with Gasteiger partial charge in [-0.2, -0.15) is 0 Å². The Kier molecular flexibility index (Phi) is 8.18. The van der Waals surface area contributed by atoms with Gasteiger partial charge in [-0.15, -0.1) is 0 Å². The second-order valence-corrected chi connectivity index (χ2v) is 7.17. The van der Waals surface area contributed by atoms with Crippen molar-refractivity contribution in [2.45, 2.75) is 0 Å². The second-order valence-electron chi connectivity index (χ2n) is 7.17. The van der Waals surface area contributed by atoms with Crippen molar-refractivity contribution in [3.05, 3.63) is 77.4 Å². The molecule has 3 aromatic carbocycles. The summed E-state index contributed by atoms with van der Waals surface area (Å²) in [4.78, 5) is 12.3. The van der Waals surface area contributed by atoms with E-state index in [-0.39, 0.29) is 11.7 Å². The van der Waals surface area contributed by atoms with Gasteiger partial charge in [0.25, 0.3) is 0 Å². The Morgan fingerprint density at radius 2 is 1.38 bits per heavy atom. The summed E-state index contributed by atoms with van der Waals surface area (Å²) >= 11 is 0. The molecule has 0 saturated carbocycles. The first-order valence-electron chi connectivity index (χ1n) is 10.4. The lowest BCUT2D eigenvalue weighted by Gasteiger charge is -2.12. The number of anilines is 1. The number of methoxy groups -OCH3 is 4. The van der Waals surface area contributed by atoms with Crippen LogP contribution in [-0.2, 0) is 4.79 Å². The van der Waals surface area contributed by atoms with Gasteiger partial charge < -0.3 is 29.4 Å². The Labute approximate surface area is 198 Å². The molecule has 0 atom stereocenters. The fourth-order valence-corrected chi connectivity index (χ4v) is 3.28. The molecule has 0 fully saturated rings. The first-order chi connectivity index (χ1) is 16.5. The quantitative estimate of drug-likeness (QED) is 0.334. The van der Waals surface area contributed by atoms with Crippen LogP contribution < -0.4 is 24.3 Å². The Balaban J connectivity index is 1.71. The molecule has 176 valence electrons. The highest BCUT2D eigenvalue weighted by Crippen LogP contribution is 2.38. The molecule has 7 nitrogen and oxygen atoms in total. The van der Waals surface area contributed by atoms with E-state index in [4.69, 9.17) is 18.9 Å². The third-order valence-electron chi connectivity index (χ3n) is 4.94. The summed E-state index contributed by atoms with van der Waals surface area (Å²) in [7, 11) is 6.18. The van der Waals surface area contributed by atoms with E-state index in [1.807, 2.05) is 48.6 Å². The minimum Gasteiger partial charge on any atom is -0.504 e. The largest absolute Gasteiger partial charge is 0.504 e. The van der Waals surface area contributed by atoms with Gasteiger partial charge in [0, 0.05) is 11.8 Å². The fraction of sp³-hybridized carbons (Fsp3) is 0.148. The highest BCUT2D eigenvalue weighted by Gasteiger charge is 2.12. The molecule has 3 rings (SSSR count). The average Bonchev–Trinajstić information content (AvgIpc) is 2.85. The number of amides is 1. The molecule has 0 aromatic heterocycles. The van der Waals surface area contributed by atoms with Crippen molar-refractivity contribution < 1.29 is 28.8 Å². The zero-order chi connectivity index (χ0) is 24.5. The lowest BCUT2D eigenvalue weighted by Crippen LogP contribution is -2.07. The lowest BCUT2D eigenvalue weighted by atomic mass is 10.1. The van der Waals surface area contributed by atoms with Crippen LogP contribution in [0, 0.1) is 0 Å². The molecule has 0 aliphatic carbocycles. The van der Waals surface area contributed by atoms with Gasteiger partial charge in [-0.1, -0.05) is 30.4 Å². The number of phenolic OH excluding ortho intramolecular Hbond substituents is 1. The van der Waals surface area contributed by atoms with Crippen LogP contribution in [0.3, 0.4) is 0 Å². The van der Waals surface area contributed by atoms with Crippen molar-refractivity contribution in [1.82, 2.24) is 0 Å². The average molecular weight is 462 g/mol. The molecule has 0 spiro atoms. The predicted molar refractivity (Wildman–Crippen MR) is 134 cm³/mol. The summed E-state index contributed by atoms with van der Waals surface area (Å²) in [5.41, 5.74) is 3.10. The number of phenols is 1. The number of ether oxygens (including phenoxy) is 4. The fourth-order valence-electron chi connectivity index (χ4n) is 3.28. The summed E-state index contributed by atoms with van der Waals surface area (Å²) in [5.74, 6) is 1.76. The molecule has 7 heteroatoms. The first-order valence-corrected chi connectivity index (χ1v) is 10.4. The van der Waals surface area contributed by atoms with Crippen LogP contribution in [0.5, 0.6) is 28.7 Å². The molecular formula is C27H27NO6. The van der Waals surface area contributed by atoms with Crippen LogP contribution in [-0.4, -0.2) is 39.5 Å². The standard InChI is InChI=1S/C27H27NO6/c1-31-23-12-10-19(15-22(23)29)11-13-26(30)28-21-7-5-6-18(14-21)8-9-20-16-24(32-2)27(34-4)25(17-20)33-3/h5-17,29H,1-4H3,(H,28,30)/b9-8+,13-11+. The van der Waals surface area contributed by atoms with Gasteiger partial charge in [-0.3, -0.25) is 4.79 Å². The van der Waals surface area contributed by atoms with Crippen molar-refractivity contribution in [1.29, 1.82) is 0 Å². The maximum atomic E-state index is 12.3. The first kappa shape index (κ1) is 24.3. The topological polar surface area (TPSA) is 86.3 Å². The molecule has 1 amide bonds. The molecule has 0 bridgehead atoms. The smallest absolute Gasteiger partial charge is 0.248 e. The van der Waals surface area contributed by atoms with E-state index in [1.165, 1.54) is 19.3 Å². The van der Waals surface area contributed by atoms with Crippen molar-refractivity contribution in [3.8, 4) is 28.7 Å². The molecule has 34 heavy (non-hydrogen) atoms. The normalized spacial score (nSPS) is 10.9. The molecule has 0 aliphatic heterocycles. The number of hydrogen-bond acceptors (Lipinski definition) is 6. The van der Waals surface area contributed by atoms with Gasteiger partial charge >= 0.3 is 0 Å². The van der Waals surface area contributed by atoms with Gasteiger partial charge in [-0.25, -0.2) is 0 Å². The van der Waals surface area contributed by atoms with Gasteiger partial charge in [-0.05, 0) is 59.2 Å². The number of hydrogen-bond donors (Lipinski definition) is 2. The second kappa shape index (κ2) is 11.5. The van der Waals surface area contributed by atoms with Gasteiger partial charge in [0.1, 0.15) is 0 Å². The van der Waals surface area contributed by atoms with Crippen molar-refractivity contribution in [3.63, 3.8) is 0 Å². The number of nitrogens with one attached hydrogen (secondary N) is 1. The van der Waals surface area contributed by atoms with Crippen LogP contribution in [0.15, 0.2) is 60.7 Å². The van der Waals surface area contributed by atoms with Crippen molar-refractivity contribution in [2.24, 2.45) is 0 Å². The maximum Gasteiger partial charge on any atom is 0.248 e. The molecule has 0 aliphatic rings. The van der Waals surface area contributed by atoms with Crippen LogP contribution in [0.25, 0.3) is 18.2 Å². The maximum absolute atomic E-state index is 12.3. The van der Waals surface area contributed by atoms with Gasteiger partial charge in [0.2, 0.25) is 11.7 Å². The SMILES string of the molecule is COc1ccc(/C=C/C(=O)Nc2cccc(/C=C/c3cc(OC)c(OC)c(OC)c3)c2)cc1O. The zero-order valence-electron chi connectivity index (χ0n) is 19.5. The highest BCUT2D eigenvalue weighted by molar-refractivity contribution is 6.02. The molecule has 3 aromatic rings. The predicted octanol–water partition coefficient (Wildman–Crippen LogP) is 5.25. The lowest BCUT2D eigenvalue weighted by molar-refractivity contribution is -0.111. The Morgan fingerprint density at radius 3 is 2.00 bits per heavy atom. The third kappa shape index (κ3) is 6.10. The Bertz CT molecular complexity index is 1190. The Morgan fingerprint density at radius 1 is 0.735 bits per heavy atom. The van der Waals surface area contributed by atoms with Crippen LogP contribution in [0.1, 0.15) is 16.7 Å². The molecule has 0 radical (unpaired) electrons. The molecule has 0 unspecified atom stereocenters. The van der Waals surface area contributed by atoms with E-state index in [1.54, 1.807) is 39.5 Å². The number of benzene rings is 3. The minimum atomic E-state index is -0.291. The van der Waals surface area contributed by atoms with E-state index >= 15 is 0 Å². The summed E-state index contributed by atoms with van der Waals surface area (Å²) in [6.45, 7) is 0. The summed E-state index contributed by atoms with van der Waals surface area (Å²) in [5, 5.41) is 12.7. The molecule has 0 saturated heterocycles. The van der Waals surface area contributed by atoms with E-state index < -0.39 is 0 Å². The van der Waals surface area contributed by atoms with E-state index in [0.29, 0.717) is 34.2 Å². The Hall–Kier alpha value is -4.39. The van der Waals surface area contributed by atoms with E-state index in [0.717, 1.165) is 11.1 Å². The number of carbonyl (C=O) groups excluding carboxylic acids is 1. The number of rotatable bonds is 9. The third-order valence-corrected chi connectivity index (χ3v) is 4.94. The summed E-state index contributed by atoms with van der Waals surface area (Å²) in [6, 6.07) is 16.1. The monoisotopic (exact) mass is 461 g/mol. The van der Waals surface area contributed by atoms with Gasteiger partial charge in [0.15, 0.2) is 23.0 Å². The number of aromatic hydroxyl groups is 1. The van der Waals surface area contributed by atoms with Crippen molar-refractivity contribution in [2.75, 3.05) is 33.8 Å². The highest BCUT2D eigenvalue weighted by atomic mass is 16.5. The molecule has 2 N–H and O–H groups in total. The molecular weight excluding hydrogens is 434 g/mol. The van der Waals surface area contributed by atoms with Crippen LogP contribution in [0.2, 0.25) is 0 Å². The van der Waals surface area contributed by atoms with Gasteiger partial charge in [0.05, 0.1) is 28.4 Å². The van der Waals surface area contributed by atoms with Crippen LogP contribution in [0.4, 0.5) is 5.69 Å². The number of carbonyl (C=O) groups is 1. The van der Waals surface area contributed by atoms with Crippen molar-refractivity contribution >= 4 is 29.8 Å². The summed E-state index contributed by atoms with van der Waals surface area (Å²) < 4.78 is 21.2. The van der Waals surface area contributed by atoms with E-state index in [9.17, 15) is 9.90 Å². The van der Waals surface area contributed by atoms with E-state index in [2.05, 4.69) is 5.32 Å². The molecule has 0 heterocycles.